The molecular formula is C43H48OSiZr. The minimum Gasteiger partial charge on any atom is -0.376 e. The molecule has 234 valence electrons. The van der Waals surface area contributed by atoms with Crippen LogP contribution in [0.2, 0.25) is 12.6 Å². The van der Waals surface area contributed by atoms with E-state index in [2.05, 4.69) is 150 Å². The van der Waals surface area contributed by atoms with Gasteiger partial charge in [-0.15, -0.1) is 69.1 Å². The van der Waals surface area contributed by atoms with Crippen LogP contribution in [0.25, 0.3) is 43.8 Å². The summed E-state index contributed by atoms with van der Waals surface area (Å²) in [6.45, 7) is 14.7. The maximum absolute atomic E-state index is 6.04. The molecule has 0 aromatic heterocycles. The van der Waals surface area contributed by atoms with Crippen molar-refractivity contribution < 1.29 is 30.9 Å². The predicted molar refractivity (Wildman–Crippen MR) is 199 cm³/mol. The van der Waals surface area contributed by atoms with E-state index in [4.69, 9.17) is 4.74 Å². The summed E-state index contributed by atoms with van der Waals surface area (Å²) in [6.07, 6.45) is 4.81. The summed E-state index contributed by atoms with van der Waals surface area (Å²) < 4.78 is 6.04. The molecule has 0 spiro atoms. The van der Waals surface area contributed by atoms with Gasteiger partial charge in [0.25, 0.3) is 0 Å². The van der Waals surface area contributed by atoms with Gasteiger partial charge in [0.1, 0.15) is 0 Å². The molecule has 1 nitrogen and oxygen atoms in total. The topological polar surface area (TPSA) is 9.23 Å². The summed E-state index contributed by atoms with van der Waals surface area (Å²) >= 11 is 0. The second-order valence-corrected chi connectivity index (χ2v) is 18.3. The molecule has 0 atom stereocenters. The average Bonchev–Trinajstić information content (AvgIpc) is 3.56. The summed E-state index contributed by atoms with van der Waals surface area (Å²) in [5, 5.41) is 8.95. The molecule has 0 N–H and O–H groups in total. The van der Waals surface area contributed by atoms with Gasteiger partial charge in [-0.1, -0.05) is 130 Å². The van der Waals surface area contributed by atoms with Crippen molar-refractivity contribution in [3.05, 3.63) is 120 Å². The Morgan fingerprint density at radius 2 is 1.04 bits per heavy atom. The van der Waals surface area contributed by atoms with Crippen LogP contribution in [-0.2, 0) is 30.9 Å². The maximum atomic E-state index is 6.04. The maximum Gasteiger partial charge on any atom is 2.00 e. The van der Waals surface area contributed by atoms with Gasteiger partial charge >= 0.3 is 26.2 Å². The summed E-state index contributed by atoms with van der Waals surface area (Å²) in [5.41, 5.74) is 8.18. The Hall–Kier alpha value is -2.84. The fraction of sp³-hybridized carbons (Fsp3) is 0.302. The van der Waals surface area contributed by atoms with Crippen LogP contribution in [0.15, 0.2) is 109 Å². The van der Waals surface area contributed by atoms with Crippen LogP contribution in [0.4, 0.5) is 0 Å². The molecule has 0 amide bonds. The standard InChI is InChI=1S/C43H48OSi.Zr/c1-31-29-35-23-17-25-37(33-19-11-9-12-20-33)39(35)41(31)45(6,28-16-8-7-15-27-44-43(3,4)5)42-32(2)30-36-24-18-26-38(40(36)42)34-21-13-10-14-22-34;/h9-14,17-26,29-30H,7-8,15-16,27-28H2,1-6H3;/q-2;+2. The molecule has 0 aliphatic carbocycles. The van der Waals surface area contributed by atoms with Gasteiger partial charge in [0.2, 0.25) is 0 Å². The van der Waals surface area contributed by atoms with Crippen molar-refractivity contribution in [2.45, 2.75) is 78.5 Å². The van der Waals surface area contributed by atoms with E-state index in [0.717, 1.165) is 13.0 Å². The Morgan fingerprint density at radius 1 is 0.587 bits per heavy atom. The molecule has 0 saturated heterocycles. The van der Waals surface area contributed by atoms with Crippen LogP contribution < -0.4 is 10.4 Å². The third-order valence-electron chi connectivity index (χ3n) is 9.61. The molecule has 46 heavy (non-hydrogen) atoms. The molecule has 0 heterocycles. The van der Waals surface area contributed by atoms with E-state index < -0.39 is 8.07 Å². The van der Waals surface area contributed by atoms with Gasteiger partial charge in [0.05, 0.1) is 5.60 Å². The van der Waals surface area contributed by atoms with E-state index >= 15 is 0 Å². The first kappa shape index (κ1) is 34.5. The Labute approximate surface area is 296 Å². The van der Waals surface area contributed by atoms with Gasteiger partial charge < -0.3 is 4.74 Å². The number of fused-ring (bicyclic) bond motifs is 2. The minimum atomic E-state index is -2.27. The van der Waals surface area contributed by atoms with Crippen LogP contribution in [0.3, 0.4) is 0 Å². The van der Waals surface area contributed by atoms with Crippen molar-refractivity contribution in [2.75, 3.05) is 6.61 Å². The Morgan fingerprint density at radius 3 is 1.50 bits per heavy atom. The van der Waals surface area contributed by atoms with Crippen LogP contribution in [-0.4, -0.2) is 20.3 Å². The zero-order valence-electron chi connectivity index (χ0n) is 28.5. The number of aryl methyl sites for hydroxylation is 2. The van der Waals surface area contributed by atoms with E-state index in [0.29, 0.717) is 0 Å². The van der Waals surface area contributed by atoms with Crippen molar-refractivity contribution in [1.29, 1.82) is 0 Å². The van der Waals surface area contributed by atoms with Gasteiger partial charge in [0, 0.05) is 14.7 Å². The van der Waals surface area contributed by atoms with Gasteiger partial charge in [-0.3, -0.25) is 0 Å². The van der Waals surface area contributed by atoms with Crippen LogP contribution in [0, 0.1) is 13.8 Å². The molecule has 0 fully saturated rings. The smallest absolute Gasteiger partial charge is 0.376 e. The largest absolute Gasteiger partial charge is 2.00 e. The van der Waals surface area contributed by atoms with E-state index in [1.54, 1.807) is 10.4 Å². The number of hydrogen-bond donors (Lipinski definition) is 0. The monoisotopic (exact) mass is 698 g/mol. The van der Waals surface area contributed by atoms with Crippen LogP contribution in [0.1, 0.15) is 57.6 Å². The van der Waals surface area contributed by atoms with E-state index in [1.807, 2.05) is 0 Å². The van der Waals surface area contributed by atoms with Crippen molar-refractivity contribution >= 4 is 40.0 Å². The predicted octanol–water partition coefficient (Wildman–Crippen LogP) is 10.9. The molecule has 6 aromatic carbocycles. The van der Waals surface area contributed by atoms with Gasteiger partial charge in [-0.05, 0) is 38.3 Å². The average molecular weight is 700 g/mol. The Bertz CT molecular complexity index is 1760. The van der Waals surface area contributed by atoms with Crippen molar-refractivity contribution in [3.63, 3.8) is 0 Å². The number of rotatable bonds is 11. The summed E-state index contributed by atoms with van der Waals surface area (Å²) in [6, 6.07) is 42.0. The van der Waals surface area contributed by atoms with E-state index in [-0.39, 0.29) is 31.8 Å². The number of benzene rings is 4. The SMILES string of the molecule is Cc1[cH-]c2cccc(-c3ccccc3)c2c1[Si](C)(CCCCCCOC(C)(C)C)c1c(C)[cH-]c2cccc(-c3ccccc3)c12.[Zr+2]. The molecule has 0 radical (unpaired) electrons. The Kier molecular flexibility index (Phi) is 10.9. The number of ether oxygens (including phenoxy) is 1. The van der Waals surface area contributed by atoms with Gasteiger partial charge in [0.15, 0.2) is 0 Å². The second-order valence-electron chi connectivity index (χ2n) is 14.1. The van der Waals surface area contributed by atoms with Crippen molar-refractivity contribution in [3.8, 4) is 22.3 Å². The second kappa shape index (κ2) is 14.5. The fourth-order valence-corrected chi connectivity index (χ4v) is 13.0. The first-order chi connectivity index (χ1) is 21.7. The minimum absolute atomic E-state index is 0. The van der Waals surface area contributed by atoms with Crippen LogP contribution >= 0.6 is 0 Å². The molecule has 0 unspecified atom stereocenters. The third-order valence-corrected chi connectivity index (χ3v) is 14.5. The molecular weight excluding hydrogens is 652 g/mol. The molecule has 0 aliphatic heterocycles. The van der Waals surface area contributed by atoms with Crippen molar-refractivity contribution in [2.24, 2.45) is 0 Å². The van der Waals surface area contributed by atoms with E-state index in [9.17, 15) is 0 Å². The summed E-state index contributed by atoms with van der Waals surface area (Å²) in [7, 11) is -2.27. The molecule has 0 bridgehead atoms. The first-order valence-electron chi connectivity index (χ1n) is 16.8. The van der Waals surface area contributed by atoms with Crippen molar-refractivity contribution in [1.82, 2.24) is 0 Å². The Balaban J connectivity index is 0.00000417. The molecule has 0 saturated carbocycles. The zero-order chi connectivity index (χ0) is 31.6. The molecule has 6 aromatic rings. The summed E-state index contributed by atoms with van der Waals surface area (Å²) in [5.74, 6) is 0. The normalized spacial score (nSPS) is 12.1. The summed E-state index contributed by atoms with van der Waals surface area (Å²) in [4.78, 5) is 0. The third kappa shape index (κ3) is 7.03. The zero-order valence-corrected chi connectivity index (χ0v) is 32.0. The molecule has 3 heteroatoms. The van der Waals surface area contributed by atoms with Gasteiger partial charge in [-0.25, -0.2) is 0 Å². The van der Waals surface area contributed by atoms with Crippen LogP contribution in [0.5, 0.6) is 0 Å². The van der Waals surface area contributed by atoms with Gasteiger partial charge in [-0.2, -0.15) is 10.4 Å². The quantitative estimate of drug-likeness (QED) is 0.0743. The van der Waals surface area contributed by atoms with E-state index in [1.165, 1.54) is 80.2 Å². The number of unbranched alkanes of at least 4 members (excludes halogenated alkanes) is 3. The molecule has 6 rings (SSSR count). The number of hydrogen-bond acceptors (Lipinski definition) is 1. The first-order valence-corrected chi connectivity index (χ1v) is 19.5. The fourth-order valence-electron chi connectivity index (χ4n) is 7.77. The molecule has 0 aliphatic rings.